The Balaban J connectivity index is 3.28. The van der Waals surface area contributed by atoms with Gasteiger partial charge in [-0.15, -0.1) is 12.6 Å². The highest BCUT2D eigenvalue weighted by Gasteiger charge is 2.00. The van der Waals surface area contributed by atoms with Gasteiger partial charge in [-0.1, -0.05) is 11.6 Å². The van der Waals surface area contributed by atoms with Crippen LogP contribution in [0.15, 0.2) is 17.0 Å². The molecular formula is C7H6ClFS. The van der Waals surface area contributed by atoms with Crippen molar-refractivity contribution < 1.29 is 4.39 Å². The zero-order chi connectivity index (χ0) is 7.72. The van der Waals surface area contributed by atoms with Crippen LogP contribution in [0, 0.1) is 12.7 Å². The van der Waals surface area contributed by atoms with Gasteiger partial charge in [-0.2, -0.15) is 0 Å². The van der Waals surface area contributed by atoms with Gasteiger partial charge in [0.05, 0.1) is 0 Å². The van der Waals surface area contributed by atoms with Crippen molar-refractivity contribution in [2.75, 3.05) is 0 Å². The lowest BCUT2D eigenvalue weighted by molar-refractivity contribution is 0.601. The maximum atomic E-state index is 12.6. The van der Waals surface area contributed by atoms with E-state index in [0.29, 0.717) is 5.02 Å². The summed E-state index contributed by atoms with van der Waals surface area (Å²) in [6.45, 7) is 1.75. The van der Waals surface area contributed by atoms with Gasteiger partial charge in [-0.25, -0.2) is 4.39 Å². The highest BCUT2D eigenvalue weighted by atomic mass is 35.5. The Morgan fingerprint density at radius 1 is 1.50 bits per heavy atom. The first-order valence-corrected chi connectivity index (χ1v) is 3.58. The van der Waals surface area contributed by atoms with Crippen molar-refractivity contribution in [3.05, 3.63) is 28.5 Å². The fourth-order valence-corrected chi connectivity index (χ4v) is 1.07. The molecule has 0 heterocycles. The molecule has 0 amide bonds. The summed E-state index contributed by atoms with van der Waals surface area (Å²) < 4.78 is 12.6. The van der Waals surface area contributed by atoms with E-state index in [1.165, 1.54) is 12.1 Å². The minimum atomic E-state index is -0.328. The number of thiol groups is 1. The van der Waals surface area contributed by atoms with Crippen LogP contribution in [0.25, 0.3) is 0 Å². The molecule has 0 saturated carbocycles. The molecule has 0 aliphatic carbocycles. The standard InChI is InChI=1S/C7H6ClFS/c1-4-2-6(9)7(10)3-5(4)8/h2-3,10H,1H3. The van der Waals surface area contributed by atoms with Gasteiger partial charge in [0.15, 0.2) is 0 Å². The number of rotatable bonds is 0. The fourth-order valence-electron chi connectivity index (χ4n) is 0.636. The third kappa shape index (κ3) is 1.44. The predicted molar refractivity (Wildman–Crippen MR) is 43.4 cm³/mol. The van der Waals surface area contributed by atoms with Crippen LogP contribution in [0.4, 0.5) is 4.39 Å². The molecule has 1 aromatic carbocycles. The Morgan fingerprint density at radius 3 is 2.60 bits per heavy atom. The van der Waals surface area contributed by atoms with E-state index in [1.807, 2.05) is 0 Å². The molecule has 0 fully saturated rings. The first kappa shape index (κ1) is 7.89. The summed E-state index contributed by atoms with van der Waals surface area (Å²) in [5.74, 6) is -0.328. The summed E-state index contributed by atoms with van der Waals surface area (Å²) >= 11 is 9.53. The van der Waals surface area contributed by atoms with Crippen molar-refractivity contribution in [3.63, 3.8) is 0 Å². The van der Waals surface area contributed by atoms with Gasteiger partial charge >= 0.3 is 0 Å². The molecule has 1 rings (SSSR count). The Kier molecular flexibility index (Phi) is 2.21. The maximum absolute atomic E-state index is 12.6. The SMILES string of the molecule is Cc1cc(F)c(S)cc1Cl. The van der Waals surface area contributed by atoms with E-state index in [4.69, 9.17) is 11.6 Å². The first-order valence-electron chi connectivity index (χ1n) is 2.76. The van der Waals surface area contributed by atoms with Gasteiger partial charge in [-0.3, -0.25) is 0 Å². The molecule has 0 unspecified atom stereocenters. The Morgan fingerprint density at radius 2 is 2.10 bits per heavy atom. The van der Waals surface area contributed by atoms with E-state index in [9.17, 15) is 4.39 Å². The van der Waals surface area contributed by atoms with Crippen molar-refractivity contribution in [1.29, 1.82) is 0 Å². The lowest BCUT2D eigenvalue weighted by Gasteiger charge is -1.98. The number of aryl methyl sites for hydroxylation is 1. The molecule has 3 heteroatoms. The number of halogens is 2. The summed E-state index contributed by atoms with van der Waals surface area (Å²) in [7, 11) is 0. The molecule has 0 atom stereocenters. The second kappa shape index (κ2) is 2.81. The van der Waals surface area contributed by atoms with Crippen molar-refractivity contribution in [3.8, 4) is 0 Å². The normalized spacial score (nSPS) is 10.0. The van der Waals surface area contributed by atoms with Crippen LogP contribution >= 0.6 is 24.2 Å². The minimum absolute atomic E-state index is 0.288. The Bertz CT molecular complexity index is 210. The van der Waals surface area contributed by atoms with E-state index >= 15 is 0 Å². The van der Waals surface area contributed by atoms with Gasteiger partial charge < -0.3 is 0 Å². The summed E-state index contributed by atoms with van der Waals surface area (Å²) in [6.07, 6.45) is 0. The smallest absolute Gasteiger partial charge is 0.136 e. The Labute approximate surface area is 69.4 Å². The number of hydrogen-bond acceptors (Lipinski definition) is 1. The minimum Gasteiger partial charge on any atom is -0.206 e. The van der Waals surface area contributed by atoms with Crippen molar-refractivity contribution in [1.82, 2.24) is 0 Å². The topological polar surface area (TPSA) is 0 Å². The molecule has 0 aliphatic rings. The quantitative estimate of drug-likeness (QED) is 0.577. The molecule has 0 radical (unpaired) electrons. The van der Waals surface area contributed by atoms with E-state index < -0.39 is 0 Å². The van der Waals surface area contributed by atoms with Crippen LogP contribution in [-0.2, 0) is 0 Å². The highest BCUT2D eigenvalue weighted by molar-refractivity contribution is 7.80. The lowest BCUT2D eigenvalue weighted by Crippen LogP contribution is -1.81. The van der Waals surface area contributed by atoms with Crippen molar-refractivity contribution in [2.24, 2.45) is 0 Å². The zero-order valence-corrected chi connectivity index (χ0v) is 7.01. The molecule has 54 valence electrons. The molecule has 10 heavy (non-hydrogen) atoms. The number of benzene rings is 1. The second-order valence-electron chi connectivity index (χ2n) is 2.05. The summed E-state index contributed by atoms with van der Waals surface area (Å²) in [6, 6.07) is 2.86. The third-order valence-electron chi connectivity index (χ3n) is 1.23. The summed E-state index contributed by atoms with van der Waals surface area (Å²) in [4.78, 5) is 0.288. The van der Waals surface area contributed by atoms with E-state index in [1.54, 1.807) is 6.92 Å². The molecule has 0 aromatic heterocycles. The Hall–Kier alpha value is -0.210. The van der Waals surface area contributed by atoms with Gasteiger partial charge in [0.1, 0.15) is 5.82 Å². The highest BCUT2D eigenvalue weighted by Crippen LogP contribution is 2.21. The summed E-state index contributed by atoms with van der Waals surface area (Å²) in [5.41, 5.74) is 0.733. The first-order chi connectivity index (χ1) is 4.61. The van der Waals surface area contributed by atoms with Crippen molar-refractivity contribution in [2.45, 2.75) is 11.8 Å². The van der Waals surface area contributed by atoms with Crippen LogP contribution < -0.4 is 0 Å². The molecule has 0 N–H and O–H groups in total. The van der Waals surface area contributed by atoms with Crippen LogP contribution in [-0.4, -0.2) is 0 Å². The van der Waals surface area contributed by atoms with Gasteiger partial charge in [0, 0.05) is 9.92 Å². The molecule has 0 nitrogen and oxygen atoms in total. The van der Waals surface area contributed by atoms with Gasteiger partial charge in [0.25, 0.3) is 0 Å². The largest absolute Gasteiger partial charge is 0.206 e. The summed E-state index contributed by atoms with van der Waals surface area (Å²) in [5, 5.41) is 0.548. The monoisotopic (exact) mass is 176 g/mol. The third-order valence-corrected chi connectivity index (χ3v) is 1.98. The lowest BCUT2D eigenvalue weighted by atomic mass is 10.2. The second-order valence-corrected chi connectivity index (χ2v) is 2.94. The average Bonchev–Trinajstić information content (AvgIpc) is 1.84. The van der Waals surface area contributed by atoms with Crippen LogP contribution in [0.2, 0.25) is 5.02 Å². The van der Waals surface area contributed by atoms with Gasteiger partial charge in [-0.05, 0) is 24.6 Å². The maximum Gasteiger partial charge on any atom is 0.136 e. The molecular weight excluding hydrogens is 171 g/mol. The van der Waals surface area contributed by atoms with Crippen LogP contribution in [0.1, 0.15) is 5.56 Å². The molecule has 0 aliphatic heterocycles. The molecule has 0 bridgehead atoms. The fraction of sp³-hybridized carbons (Fsp3) is 0.143. The molecule has 1 aromatic rings. The van der Waals surface area contributed by atoms with E-state index in [2.05, 4.69) is 12.6 Å². The van der Waals surface area contributed by atoms with Gasteiger partial charge in [0.2, 0.25) is 0 Å². The van der Waals surface area contributed by atoms with Crippen LogP contribution in [0.5, 0.6) is 0 Å². The average molecular weight is 177 g/mol. The zero-order valence-electron chi connectivity index (χ0n) is 5.36. The van der Waals surface area contributed by atoms with Crippen LogP contribution in [0.3, 0.4) is 0 Å². The molecule has 0 spiro atoms. The number of hydrogen-bond donors (Lipinski definition) is 1. The van der Waals surface area contributed by atoms with E-state index in [-0.39, 0.29) is 10.7 Å². The molecule has 0 saturated heterocycles. The predicted octanol–water partition coefficient (Wildman–Crippen LogP) is 3.08. The van der Waals surface area contributed by atoms with Crippen molar-refractivity contribution >= 4 is 24.2 Å². The van der Waals surface area contributed by atoms with E-state index in [0.717, 1.165) is 5.56 Å².